The highest BCUT2D eigenvalue weighted by Crippen LogP contribution is 2.30. The van der Waals surface area contributed by atoms with E-state index in [-0.39, 0.29) is 27.8 Å². The van der Waals surface area contributed by atoms with Crippen LogP contribution in [0.15, 0.2) is 84.3 Å². The number of ether oxygens (including phenoxy) is 1. The SMILES string of the molecule is C=CCN(c1ccc(Cl)cc1)S(=O)(=O)c1cc(C(=O)OCC(=O)c2c(C)[nH]c3ccccc23)ccc1Cl. The number of hydrogen-bond donors (Lipinski definition) is 1. The lowest BCUT2D eigenvalue weighted by atomic mass is 10.1. The van der Waals surface area contributed by atoms with Gasteiger partial charge in [-0.15, -0.1) is 6.58 Å². The van der Waals surface area contributed by atoms with Crippen molar-refractivity contribution in [2.75, 3.05) is 17.5 Å². The second-order valence-electron chi connectivity index (χ2n) is 8.12. The first-order valence-corrected chi connectivity index (χ1v) is 13.3. The van der Waals surface area contributed by atoms with Crippen LogP contribution in [-0.4, -0.2) is 38.3 Å². The van der Waals surface area contributed by atoms with E-state index in [1.165, 1.54) is 18.2 Å². The van der Waals surface area contributed by atoms with E-state index in [2.05, 4.69) is 11.6 Å². The molecule has 0 amide bonds. The van der Waals surface area contributed by atoms with E-state index in [1.54, 1.807) is 37.3 Å². The molecule has 4 rings (SSSR count). The third kappa shape index (κ3) is 5.41. The number of nitrogens with one attached hydrogen (secondary N) is 1. The minimum absolute atomic E-state index is 0.0482. The van der Waals surface area contributed by atoms with Gasteiger partial charge in [-0.05, 0) is 55.5 Å². The molecule has 0 aliphatic heterocycles. The maximum Gasteiger partial charge on any atom is 0.338 e. The van der Waals surface area contributed by atoms with Crippen molar-refractivity contribution in [3.63, 3.8) is 0 Å². The first kappa shape index (κ1) is 26.5. The monoisotopic (exact) mass is 556 g/mol. The lowest BCUT2D eigenvalue weighted by Crippen LogP contribution is -2.31. The molecule has 4 aromatic rings. The Labute approximate surface area is 224 Å². The zero-order valence-electron chi connectivity index (χ0n) is 19.7. The molecule has 0 atom stereocenters. The fourth-order valence-electron chi connectivity index (χ4n) is 3.94. The Hall–Kier alpha value is -3.59. The Morgan fingerprint density at radius 1 is 1.05 bits per heavy atom. The Morgan fingerprint density at radius 2 is 1.76 bits per heavy atom. The van der Waals surface area contributed by atoms with E-state index in [1.807, 2.05) is 18.2 Å². The van der Waals surface area contributed by atoms with Gasteiger partial charge in [-0.1, -0.05) is 47.5 Å². The average Bonchev–Trinajstić information content (AvgIpc) is 3.22. The summed E-state index contributed by atoms with van der Waals surface area (Å²) in [5.74, 6) is -1.24. The molecule has 0 unspecified atom stereocenters. The van der Waals surface area contributed by atoms with Gasteiger partial charge in [0.1, 0.15) is 4.90 Å². The maximum absolute atomic E-state index is 13.5. The highest BCUT2D eigenvalue weighted by atomic mass is 35.5. The molecule has 190 valence electrons. The average molecular weight is 557 g/mol. The minimum atomic E-state index is -4.20. The largest absolute Gasteiger partial charge is 0.454 e. The number of aryl methyl sites for hydroxylation is 1. The molecular formula is C27H22Cl2N2O5S. The summed E-state index contributed by atoms with van der Waals surface area (Å²) in [4.78, 5) is 28.5. The minimum Gasteiger partial charge on any atom is -0.454 e. The van der Waals surface area contributed by atoms with Crippen LogP contribution in [-0.2, 0) is 14.8 Å². The molecule has 0 aliphatic carbocycles. The predicted octanol–water partition coefficient (Wildman–Crippen LogP) is 6.20. The predicted molar refractivity (Wildman–Crippen MR) is 145 cm³/mol. The number of fused-ring (bicyclic) bond motifs is 1. The molecule has 0 spiro atoms. The zero-order chi connectivity index (χ0) is 26.7. The van der Waals surface area contributed by atoms with Crippen LogP contribution >= 0.6 is 23.2 Å². The molecular weight excluding hydrogens is 535 g/mol. The van der Waals surface area contributed by atoms with Gasteiger partial charge in [-0.2, -0.15) is 0 Å². The maximum atomic E-state index is 13.5. The quantitative estimate of drug-likeness (QED) is 0.150. The lowest BCUT2D eigenvalue weighted by molar-refractivity contribution is 0.0474. The number of para-hydroxylation sites is 1. The van der Waals surface area contributed by atoms with Crippen molar-refractivity contribution >= 4 is 61.6 Å². The topological polar surface area (TPSA) is 96.5 Å². The molecule has 1 heterocycles. The van der Waals surface area contributed by atoms with E-state index in [0.717, 1.165) is 21.3 Å². The molecule has 37 heavy (non-hydrogen) atoms. The summed E-state index contributed by atoms with van der Waals surface area (Å²) < 4.78 is 33.4. The number of nitrogens with zero attached hydrogens (tertiary/aromatic N) is 1. The number of ketones is 1. The number of rotatable bonds is 9. The van der Waals surface area contributed by atoms with Gasteiger partial charge in [0.15, 0.2) is 6.61 Å². The van der Waals surface area contributed by atoms with Crippen molar-refractivity contribution in [3.8, 4) is 0 Å². The summed E-state index contributed by atoms with van der Waals surface area (Å²) in [5, 5.41) is 1.09. The number of anilines is 1. The number of sulfonamides is 1. The standard InChI is InChI=1S/C27H22Cl2N2O5S/c1-3-14-31(20-11-9-19(28)10-12-20)37(34,35)25-15-18(8-13-22(25)29)27(33)36-16-24(32)26-17(2)30-23-7-5-4-6-21(23)26/h3-13,15,30H,1,14,16H2,2H3. The molecule has 0 saturated carbocycles. The van der Waals surface area contributed by atoms with Gasteiger partial charge in [-0.3, -0.25) is 9.10 Å². The number of H-pyrrole nitrogens is 1. The van der Waals surface area contributed by atoms with Gasteiger partial charge in [0.05, 0.1) is 22.8 Å². The van der Waals surface area contributed by atoms with Crippen molar-refractivity contribution < 1.29 is 22.7 Å². The summed E-state index contributed by atoms with van der Waals surface area (Å²) in [6.45, 7) is 4.83. The third-order valence-electron chi connectivity index (χ3n) is 5.65. The fourth-order valence-corrected chi connectivity index (χ4v) is 6.00. The van der Waals surface area contributed by atoms with Gasteiger partial charge in [0.25, 0.3) is 10.0 Å². The van der Waals surface area contributed by atoms with Crippen LogP contribution in [0.1, 0.15) is 26.4 Å². The van der Waals surface area contributed by atoms with Crippen LogP contribution in [0, 0.1) is 6.92 Å². The number of carbonyl (C=O) groups excluding carboxylic acids is 2. The highest BCUT2D eigenvalue weighted by molar-refractivity contribution is 7.93. The highest BCUT2D eigenvalue weighted by Gasteiger charge is 2.28. The van der Waals surface area contributed by atoms with Crippen LogP contribution < -0.4 is 4.31 Å². The third-order valence-corrected chi connectivity index (χ3v) is 8.18. The van der Waals surface area contributed by atoms with E-state index in [4.69, 9.17) is 27.9 Å². The number of hydrogen-bond acceptors (Lipinski definition) is 5. The molecule has 0 aliphatic rings. The number of aromatic amines is 1. The van der Waals surface area contributed by atoms with E-state index < -0.39 is 22.6 Å². The van der Waals surface area contributed by atoms with Crippen molar-refractivity contribution in [3.05, 3.63) is 106 Å². The van der Waals surface area contributed by atoms with Crippen LogP contribution in [0.3, 0.4) is 0 Å². The molecule has 10 heteroatoms. The van der Waals surface area contributed by atoms with Crippen LogP contribution in [0.5, 0.6) is 0 Å². The Morgan fingerprint density at radius 3 is 2.46 bits per heavy atom. The summed E-state index contributed by atoms with van der Waals surface area (Å²) in [7, 11) is -4.20. The number of carbonyl (C=O) groups is 2. The molecule has 1 N–H and O–H groups in total. The molecule has 0 radical (unpaired) electrons. The lowest BCUT2D eigenvalue weighted by Gasteiger charge is -2.24. The first-order chi connectivity index (χ1) is 17.6. The van der Waals surface area contributed by atoms with Gasteiger partial charge >= 0.3 is 5.97 Å². The zero-order valence-corrected chi connectivity index (χ0v) is 22.0. The fraction of sp³-hybridized carbons (Fsp3) is 0.111. The van der Waals surface area contributed by atoms with Crippen LogP contribution in [0.2, 0.25) is 10.0 Å². The Kier molecular flexibility index (Phi) is 7.73. The van der Waals surface area contributed by atoms with Crippen LogP contribution in [0.25, 0.3) is 10.9 Å². The Bertz CT molecular complexity index is 1610. The summed E-state index contributed by atoms with van der Waals surface area (Å²) in [5.41, 5.74) is 2.17. The number of halogens is 2. The normalized spacial score (nSPS) is 11.3. The number of benzene rings is 3. The molecule has 0 fully saturated rings. The number of aromatic nitrogens is 1. The number of esters is 1. The van der Waals surface area contributed by atoms with E-state index in [0.29, 0.717) is 22.0 Å². The van der Waals surface area contributed by atoms with Crippen molar-refractivity contribution in [1.29, 1.82) is 0 Å². The number of Topliss-reactive ketones (excluding diaryl/α,β-unsaturated/α-hetero) is 1. The molecule has 0 saturated heterocycles. The molecule has 1 aromatic heterocycles. The van der Waals surface area contributed by atoms with Gasteiger partial charge in [0.2, 0.25) is 5.78 Å². The van der Waals surface area contributed by atoms with Crippen molar-refractivity contribution in [2.24, 2.45) is 0 Å². The first-order valence-electron chi connectivity index (χ1n) is 11.1. The summed E-state index contributed by atoms with van der Waals surface area (Å²) >= 11 is 12.2. The Balaban J connectivity index is 1.58. The van der Waals surface area contributed by atoms with Gasteiger partial charge in [0, 0.05) is 27.2 Å². The second-order valence-corrected chi connectivity index (χ2v) is 10.8. The molecule has 7 nitrogen and oxygen atoms in total. The van der Waals surface area contributed by atoms with Gasteiger partial charge < -0.3 is 9.72 Å². The van der Waals surface area contributed by atoms with E-state index >= 15 is 0 Å². The molecule has 3 aromatic carbocycles. The van der Waals surface area contributed by atoms with Crippen molar-refractivity contribution in [2.45, 2.75) is 11.8 Å². The molecule has 0 bridgehead atoms. The van der Waals surface area contributed by atoms with Crippen molar-refractivity contribution in [1.82, 2.24) is 4.98 Å². The van der Waals surface area contributed by atoms with Gasteiger partial charge in [-0.25, -0.2) is 13.2 Å². The smallest absolute Gasteiger partial charge is 0.338 e. The van der Waals surface area contributed by atoms with Crippen LogP contribution in [0.4, 0.5) is 5.69 Å². The summed E-state index contributed by atoms with van der Waals surface area (Å²) in [6, 6.07) is 17.3. The summed E-state index contributed by atoms with van der Waals surface area (Å²) in [6.07, 6.45) is 1.43. The van der Waals surface area contributed by atoms with E-state index in [9.17, 15) is 18.0 Å². The second kappa shape index (κ2) is 10.8.